The molecule has 0 bridgehead atoms. The van der Waals surface area contributed by atoms with Crippen LogP contribution in [-0.4, -0.2) is 62.1 Å². The smallest absolute Gasteiger partial charge is 0.229 e. The van der Waals surface area contributed by atoms with Gasteiger partial charge in [-0.25, -0.2) is 18.4 Å². The third-order valence-electron chi connectivity index (χ3n) is 4.78. The first-order chi connectivity index (χ1) is 11.8. The first kappa shape index (κ1) is 16.7. The van der Waals surface area contributed by atoms with Crippen LogP contribution in [0.4, 0.5) is 5.82 Å². The van der Waals surface area contributed by atoms with Gasteiger partial charge in [-0.3, -0.25) is 4.79 Å². The predicted molar refractivity (Wildman–Crippen MR) is 97.0 cm³/mol. The number of fused-ring (bicyclic) bond motifs is 3. The van der Waals surface area contributed by atoms with Crippen LogP contribution in [0.2, 0.25) is 0 Å². The molecule has 7 nitrogen and oxygen atoms in total. The van der Waals surface area contributed by atoms with Crippen molar-refractivity contribution in [3.63, 3.8) is 0 Å². The van der Waals surface area contributed by atoms with Crippen molar-refractivity contribution in [1.82, 2.24) is 14.9 Å². The second-order valence-corrected chi connectivity index (χ2v) is 10.2. The lowest BCUT2D eigenvalue weighted by atomic mass is 10.1. The number of carbonyl (C=O) groups excluding carboxylic acids is 1. The molecule has 2 aliphatic rings. The predicted octanol–water partition coefficient (Wildman–Crippen LogP) is 1.25. The number of hydrogen-bond donors (Lipinski definition) is 0. The minimum atomic E-state index is -3.21. The van der Waals surface area contributed by atoms with Gasteiger partial charge in [0.1, 0.15) is 20.7 Å². The molecule has 0 atom stereocenters. The number of hydrogen-bond acceptors (Lipinski definition) is 7. The highest BCUT2D eigenvalue weighted by Gasteiger charge is 2.35. The molecule has 0 radical (unpaired) electrons. The van der Waals surface area contributed by atoms with Crippen LogP contribution in [0.1, 0.15) is 24.2 Å². The lowest BCUT2D eigenvalue weighted by Crippen LogP contribution is -2.26. The zero-order valence-corrected chi connectivity index (χ0v) is 16.1. The van der Waals surface area contributed by atoms with Gasteiger partial charge in [0, 0.05) is 27.2 Å². The van der Waals surface area contributed by atoms with Gasteiger partial charge in [0.2, 0.25) is 5.91 Å². The van der Waals surface area contributed by atoms with E-state index in [1.165, 1.54) is 16.2 Å². The number of rotatable bonds is 4. The maximum atomic E-state index is 12.3. The Bertz CT molecular complexity index is 977. The van der Waals surface area contributed by atoms with Gasteiger partial charge in [-0.15, -0.1) is 11.3 Å². The van der Waals surface area contributed by atoms with Crippen LogP contribution in [-0.2, 0) is 27.5 Å². The van der Waals surface area contributed by atoms with Crippen LogP contribution >= 0.6 is 11.3 Å². The zero-order valence-electron chi connectivity index (χ0n) is 14.4. The Morgan fingerprint density at radius 2 is 1.96 bits per heavy atom. The summed E-state index contributed by atoms with van der Waals surface area (Å²) in [4.78, 5) is 25.5. The molecular formula is C16H20N4O3S2. The van der Waals surface area contributed by atoms with Gasteiger partial charge in [-0.05, 0) is 24.8 Å². The summed E-state index contributed by atoms with van der Waals surface area (Å²) in [6, 6.07) is 0.434. The standard InChI is InChI=1S/C16H20N4O3S2/c1-19(2)12(21)8-11-17-14(20(3)9-4-5-9)13-10-6-7-25(22,23)16(10)24-15(13)18-11/h9H,4-8H2,1-3H3. The number of aryl methyl sites for hydroxylation is 1. The van der Waals surface area contributed by atoms with E-state index >= 15 is 0 Å². The summed E-state index contributed by atoms with van der Waals surface area (Å²) in [6.07, 6.45) is 2.85. The van der Waals surface area contributed by atoms with Crippen LogP contribution in [0.25, 0.3) is 10.2 Å². The number of anilines is 1. The Balaban J connectivity index is 1.89. The summed E-state index contributed by atoms with van der Waals surface area (Å²) >= 11 is 1.22. The van der Waals surface area contributed by atoms with Gasteiger partial charge in [0.25, 0.3) is 0 Å². The number of carbonyl (C=O) groups is 1. The molecule has 9 heteroatoms. The van der Waals surface area contributed by atoms with Crippen molar-refractivity contribution in [2.75, 3.05) is 31.8 Å². The molecule has 2 aromatic rings. The van der Waals surface area contributed by atoms with Crippen LogP contribution < -0.4 is 4.90 Å². The number of thiophene rings is 1. The molecule has 25 heavy (non-hydrogen) atoms. The SMILES string of the molecule is CN(C)C(=O)Cc1nc(N(C)C2CC2)c2c3c(sc2n1)S(=O)(=O)CC3. The largest absolute Gasteiger partial charge is 0.356 e. The van der Waals surface area contributed by atoms with Crippen LogP contribution in [0.15, 0.2) is 4.21 Å². The second kappa shape index (κ2) is 5.63. The van der Waals surface area contributed by atoms with E-state index in [1.807, 2.05) is 7.05 Å². The lowest BCUT2D eigenvalue weighted by Gasteiger charge is -2.20. The fourth-order valence-electron chi connectivity index (χ4n) is 3.13. The number of nitrogens with zero attached hydrogens (tertiary/aromatic N) is 4. The number of sulfone groups is 1. The first-order valence-corrected chi connectivity index (χ1v) is 10.7. The topological polar surface area (TPSA) is 83.5 Å². The molecule has 1 fully saturated rings. The fourth-order valence-corrected chi connectivity index (χ4v) is 6.33. The summed E-state index contributed by atoms with van der Waals surface area (Å²) in [5.41, 5.74) is 0.855. The van der Waals surface area contributed by atoms with E-state index in [-0.39, 0.29) is 18.1 Å². The third kappa shape index (κ3) is 2.79. The second-order valence-electron chi connectivity index (χ2n) is 6.89. The van der Waals surface area contributed by atoms with Crippen molar-refractivity contribution >= 4 is 43.1 Å². The molecule has 2 aromatic heterocycles. The molecule has 1 aliphatic carbocycles. The quantitative estimate of drug-likeness (QED) is 0.794. The van der Waals surface area contributed by atoms with E-state index in [1.54, 1.807) is 14.1 Å². The molecule has 1 amide bonds. The van der Waals surface area contributed by atoms with Gasteiger partial charge in [0.15, 0.2) is 9.84 Å². The molecule has 0 saturated heterocycles. The number of amides is 1. The van der Waals surface area contributed by atoms with Crippen molar-refractivity contribution in [3.8, 4) is 0 Å². The molecule has 4 rings (SSSR count). The minimum absolute atomic E-state index is 0.0731. The van der Waals surface area contributed by atoms with E-state index in [2.05, 4.69) is 14.9 Å². The highest BCUT2D eigenvalue weighted by Crippen LogP contribution is 2.44. The molecule has 134 valence electrons. The van der Waals surface area contributed by atoms with Crippen molar-refractivity contribution < 1.29 is 13.2 Å². The van der Waals surface area contributed by atoms with E-state index in [0.29, 0.717) is 27.3 Å². The molecule has 1 aliphatic heterocycles. The van der Waals surface area contributed by atoms with Crippen molar-refractivity contribution in [2.45, 2.75) is 35.9 Å². The van der Waals surface area contributed by atoms with E-state index < -0.39 is 9.84 Å². The Kier molecular flexibility index (Phi) is 3.77. The van der Waals surface area contributed by atoms with Crippen LogP contribution in [0.5, 0.6) is 0 Å². The Morgan fingerprint density at radius 1 is 1.24 bits per heavy atom. The lowest BCUT2D eigenvalue weighted by molar-refractivity contribution is -0.128. The van der Waals surface area contributed by atoms with E-state index in [9.17, 15) is 13.2 Å². The summed E-state index contributed by atoms with van der Waals surface area (Å²) in [6.45, 7) is 0. The Labute approximate surface area is 150 Å². The average molecular weight is 380 g/mol. The third-order valence-corrected chi connectivity index (χ3v) is 8.27. The van der Waals surface area contributed by atoms with E-state index in [0.717, 1.165) is 29.6 Å². The summed E-state index contributed by atoms with van der Waals surface area (Å²) in [7, 11) is 2.18. The zero-order chi connectivity index (χ0) is 17.9. The van der Waals surface area contributed by atoms with Gasteiger partial charge in [-0.2, -0.15) is 0 Å². The van der Waals surface area contributed by atoms with Gasteiger partial charge in [-0.1, -0.05) is 0 Å². The average Bonchev–Trinajstić information content (AvgIpc) is 3.26. The van der Waals surface area contributed by atoms with Crippen LogP contribution in [0.3, 0.4) is 0 Å². The molecule has 0 N–H and O–H groups in total. The van der Waals surface area contributed by atoms with Gasteiger partial charge >= 0.3 is 0 Å². The van der Waals surface area contributed by atoms with Crippen molar-refractivity contribution in [1.29, 1.82) is 0 Å². The molecule has 0 unspecified atom stereocenters. The highest BCUT2D eigenvalue weighted by atomic mass is 32.2. The maximum absolute atomic E-state index is 12.3. The first-order valence-electron chi connectivity index (χ1n) is 8.26. The van der Waals surface area contributed by atoms with Crippen molar-refractivity contribution in [3.05, 3.63) is 11.4 Å². The maximum Gasteiger partial charge on any atom is 0.229 e. The monoisotopic (exact) mass is 380 g/mol. The molecule has 3 heterocycles. The summed E-state index contributed by atoms with van der Waals surface area (Å²) < 4.78 is 25.0. The van der Waals surface area contributed by atoms with Gasteiger partial charge in [0.05, 0.1) is 17.6 Å². The summed E-state index contributed by atoms with van der Waals surface area (Å²) in [5, 5.41) is 0.858. The molecular weight excluding hydrogens is 360 g/mol. The van der Waals surface area contributed by atoms with E-state index in [4.69, 9.17) is 0 Å². The van der Waals surface area contributed by atoms with Gasteiger partial charge < -0.3 is 9.80 Å². The number of likely N-dealkylation sites (N-methyl/N-ethyl adjacent to an activating group) is 1. The summed E-state index contributed by atoms with van der Waals surface area (Å²) in [5.74, 6) is 1.31. The fraction of sp³-hybridized carbons (Fsp3) is 0.562. The molecule has 1 saturated carbocycles. The highest BCUT2D eigenvalue weighted by molar-refractivity contribution is 7.94. The van der Waals surface area contributed by atoms with Crippen LogP contribution in [0, 0.1) is 0 Å². The Morgan fingerprint density at radius 3 is 2.60 bits per heavy atom. The number of aromatic nitrogens is 2. The minimum Gasteiger partial charge on any atom is -0.356 e. The normalized spacial score (nSPS) is 18.4. The molecule has 0 aromatic carbocycles. The van der Waals surface area contributed by atoms with Crippen molar-refractivity contribution in [2.24, 2.45) is 0 Å². The molecule has 0 spiro atoms. The Hall–Kier alpha value is -1.74.